The Morgan fingerprint density at radius 2 is 1.55 bits per heavy atom. The Balaban J connectivity index is 1.44. The van der Waals surface area contributed by atoms with Gasteiger partial charge in [-0.05, 0) is 68.8 Å². The Morgan fingerprint density at radius 3 is 2.21 bits per heavy atom. The minimum atomic E-state index is -0.428. The van der Waals surface area contributed by atoms with Crippen LogP contribution in [-0.2, 0) is 5.41 Å². The van der Waals surface area contributed by atoms with Gasteiger partial charge in [-0.3, -0.25) is 4.79 Å². The molecule has 2 aromatic rings. The van der Waals surface area contributed by atoms with Gasteiger partial charge in [-0.15, -0.1) is 0 Å². The van der Waals surface area contributed by atoms with E-state index in [0.29, 0.717) is 19.1 Å². The van der Waals surface area contributed by atoms with E-state index < -0.39 is 5.82 Å². The quantitative estimate of drug-likeness (QED) is 0.506. The molecular weight excluding hydrogens is 411 g/mol. The minimum absolute atomic E-state index is 0.0726. The fourth-order valence-corrected chi connectivity index (χ4v) is 5.87. The molecule has 2 fully saturated rings. The molecule has 1 aliphatic heterocycles. The van der Waals surface area contributed by atoms with Crippen molar-refractivity contribution in [2.45, 2.75) is 75.7 Å². The SMILES string of the molecule is CN(CCC1(c2ccccc2)CCN(C(=O)c2ccccc2F)CC1)C1CCCCCCC1. The van der Waals surface area contributed by atoms with Crippen molar-refractivity contribution in [2.24, 2.45) is 0 Å². The van der Waals surface area contributed by atoms with E-state index in [-0.39, 0.29) is 16.9 Å². The van der Waals surface area contributed by atoms with Gasteiger partial charge in [0.05, 0.1) is 5.56 Å². The highest BCUT2D eigenvalue weighted by molar-refractivity contribution is 5.94. The van der Waals surface area contributed by atoms with Gasteiger partial charge < -0.3 is 9.80 Å². The van der Waals surface area contributed by atoms with Crippen molar-refractivity contribution in [1.29, 1.82) is 0 Å². The molecule has 2 aromatic carbocycles. The van der Waals surface area contributed by atoms with Crippen LogP contribution in [0.3, 0.4) is 0 Å². The molecule has 0 radical (unpaired) electrons. The maximum absolute atomic E-state index is 14.2. The molecule has 0 spiro atoms. The van der Waals surface area contributed by atoms with E-state index in [0.717, 1.165) is 25.8 Å². The second-order valence-electron chi connectivity index (χ2n) is 10.1. The lowest BCUT2D eigenvalue weighted by Gasteiger charge is -2.44. The van der Waals surface area contributed by atoms with Crippen molar-refractivity contribution >= 4 is 5.91 Å². The maximum Gasteiger partial charge on any atom is 0.256 e. The zero-order valence-electron chi connectivity index (χ0n) is 20.1. The predicted molar refractivity (Wildman–Crippen MR) is 133 cm³/mol. The van der Waals surface area contributed by atoms with E-state index >= 15 is 0 Å². The van der Waals surface area contributed by atoms with Crippen LogP contribution < -0.4 is 0 Å². The lowest BCUT2D eigenvalue weighted by molar-refractivity contribution is 0.0639. The highest BCUT2D eigenvalue weighted by Gasteiger charge is 2.38. The standard InChI is InChI=1S/C29H39FN2O/c1-31(25-14-8-3-2-4-9-15-25)21-18-29(24-12-6-5-7-13-24)19-22-32(23-20-29)28(33)26-16-10-11-17-27(26)30/h5-7,10-13,16-17,25H,2-4,8-9,14-15,18-23H2,1H3. The summed E-state index contributed by atoms with van der Waals surface area (Å²) in [5, 5.41) is 0. The molecule has 1 heterocycles. The second-order valence-corrected chi connectivity index (χ2v) is 10.1. The highest BCUT2D eigenvalue weighted by Crippen LogP contribution is 2.39. The Labute approximate surface area is 199 Å². The number of halogens is 1. The summed E-state index contributed by atoms with van der Waals surface area (Å²) in [6, 6.07) is 17.9. The number of benzene rings is 2. The summed E-state index contributed by atoms with van der Waals surface area (Å²) in [4.78, 5) is 17.4. The maximum atomic E-state index is 14.2. The third-order valence-electron chi connectivity index (χ3n) is 8.14. The zero-order chi connectivity index (χ0) is 23.1. The number of nitrogens with zero attached hydrogens (tertiary/aromatic N) is 2. The highest BCUT2D eigenvalue weighted by atomic mass is 19.1. The van der Waals surface area contributed by atoms with Crippen molar-refractivity contribution in [1.82, 2.24) is 9.80 Å². The first-order valence-corrected chi connectivity index (χ1v) is 12.9. The van der Waals surface area contributed by atoms with Crippen LogP contribution in [0.1, 0.15) is 80.1 Å². The van der Waals surface area contributed by atoms with E-state index in [9.17, 15) is 9.18 Å². The number of likely N-dealkylation sites (tertiary alicyclic amines) is 1. The summed E-state index contributed by atoms with van der Waals surface area (Å²) in [5.74, 6) is -0.607. The number of hydrogen-bond donors (Lipinski definition) is 0. The lowest BCUT2D eigenvalue weighted by Crippen LogP contribution is -2.47. The number of carbonyl (C=O) groups excluding carboxylic acids is 1. The van der Waals surface area contributed by atoms with Crippen LogP contribution in [0.15, 0.2) is 54.6 Å². The third kappa shape index (κ3) is 5.84. The normalized spacial score (nSPS) is 19.8. The molecule has 0 atom stereocenters. The minimum Gasteiger partial charge on any atom is -0.338 e. The molecule has 4 heteroatoms. The van der Waals surface area contributed by atoms with Crippen molar-refractivity contribution in [2.75, 3.05) is 26.7 Å². The van der Waals surface area contributed by atoms with Crippen LogP contribution in [0, 0.1) is 5.82 Å². The van der Waals surface area contributed by atoms with Gasteiger partial charge in [0.25, 0.3) is 5.91 Å². The molecular formula is C29H39FN2O. The van der Waals surface area contributed by atoms with Crippen LogP contribution in [0.4, 0.5) is 4.39 Å². The summed E-state index contributed by atoms with van der Waals surface area (Å²) in [5.41, 5.74) is 1.64. The fraction of sp³-hybridized carbons (Fsp3) is 0.552. The van der Waals surface area contributed by atoms with E-state index in [4.69, 9.17) is 0 Å². The lowest BCUT2D eigenvalue weighted by atomic mass is 9.70. The monoisotopic (exact) mass is 450 g/mol. The largest absolute Gasteiger partial charge is 0.338 e. The number of rotatable bonds is 6. The molecule has 33 heavy (non-hydrogen) atoms. The first-order valence-electron chi connectivity index (χ1n) is 12.9. The summed E-state index contributed by atoms with van der Waals surface area (Å²) >= 11 is 0. The number of piperidine rings is 1. The van der Waals surface area contributed by atoms with Crippen LogP contribution in [0.5, 0.6) is 0 Å². The predicted octanol–water partition coefficient (Wildman–Crippen LogP) is 6.43. The average molecular weight is 451 g/mol. The molecule has 0 aromatic heterocycles. The fourth-order valence-electron chi connectivity index (χ4n) is 5.87. The van der Waals surface area contributed by atoms with Gasteiger partial charge in [-0.25, -0.2) is 4.39 Å². The van der Waals surface area contributed by atoms with Crippen LogP contribution >= 0.6 is 0 Å². The summed E-state index contributed by atoms with van der Waals surface area (Å²) < 4.78 is 14.2. The molecule has 1 amide bonds. The van der Waals surface area contributed by atoms with E-state index in [1.165, 1.54) is 56.6 Å². The molecule has 4 rings (SSSR count). The second kappa shape index (κ2) is 11.3. The number of carbonyl (C=O) groups is 1. The van der Waals surface area contributed by atoms with Crippen LogP contribution in [0.2, 0.25) is 0 Å². The molecule has 3 nitrogen and oxygen atoms in total. The number of amides is 1. The van der Waals surface area contributed by atoms with Crippen molar-refractivity contribution in [3.63, 3.8) is 0 Å². The molecule has 1 saturated carbocycles. The first-order chi connectivity index (χ1) is 16.1. The molecule has 178 valence electrons. The summed E-state index contributed by atoms with van der Waals surface area (Å²) in [6.45, 7) is 2.44. The molecule has 1 aliphatic carbocycles. The molecule has 1 saturated heterocycles. The van der Waals surface area contributed by atoms with Gasteiger partial charge >= 0.3 is 0 Å². The van der Waals surface area contributed by atoms with Gasteiger partial charge in [0, 0.05) is 19.1 Å². The molecule has 0 bridgehead atoms. The molecule has 0 unspecified atom stereocenters. The Hall–Kier alpha value is -2.20. The first kappa shape index (κ1) is 23.9. The zero-order valence-corrected chi connectivity index (χ0v) is 20.1. The Kier molecular flexibility index (Phi) is 8.19. The Bertz CT molecular complexity index is 884. The van der Waals surface area contributed by atoms with Crippen molar-refractivity contribution < 1.29 is 9.18 Å². The summed E-state index contributed by atoms with van der Waals surface area (Å²) in [6.07, 6.45) is 12.5. The molecule has 2 aliphatic rings. The van der Waals surface area contributed by atoms with Gasteiger partial charge in [-0.2, -0.15) is 0 Å². The topological polar surface area (TPSA) is 23.6 Å². The van der Waals surface area contributed by atoms with E-state index in [1.807, 2.05) is 4.90 Å². The van der Waals surface area contributed by atoms with Gasteiger partial charge in [0.1, 0.15) is 5.82 Å². The summed E-state index contributed by atoms with van der Waals surface area (Å²) in [7, 11) is 2.31. The van der Waals surface area contributed by atoms with E-state index in [1.54, 1.807) is 18.2 Å². The van der Waals surface area contributed by atoms with Crippen LogP contribution in [0.25, 0.3) is 0 Å². The smallest absolute Gasteiger partial charge is 0.256 e. The average Bonchev–Trinajstić information content (AvgIpc) is 2.83. The number of hydrogen-bond acceptors (Lipinski definition) is 2. The Morgan fingerprint density at radius 1 is 0.939 bits per heavy atom. The third-order valence-corrected chi connectivity index (χ3v) is 8.14. The van der Waals surface area contributed by atoms with Crippen molar-refractivity contribution in [3.05, 3.63) is 71.5 Å². The van der Waals surface area contributed by atoms with Gasteiger partial charge in [0.2, 0.25) is 0 Å². The molecule has 0 N–H and O–H groups in total. The van der Waals surface area contributed by atoms with Crippen molar-refractivity contribution in [3.8, 4) is 0 Å². The van der Waals surface area contributed by atoms with Gasteiger partial charge in [-0.1, -0.05) is 74.6 Å². The van der Waals surface area contributed by atoms with Gasteiger partial charge in [0.15, 0.2) is 0 Å². The van der Waals surface area contributed by atoms with E-state index in [2.05, 4.69) is 42.3 Å². The van der Waals surface area contributed by atoms with Crippen LogP contribution in [-0.4, -0.2) is 48.4 Å².